The maximum Gasteiger partial charge on any atom is 0.302 e. The van der Waals surface area contributed by atoms with E-state index in [1.54, 1.807) is 7.11 Å². The number of methoxy groups -OCH3 is 1. The molecule has 0 saturated carbocycles. The van der Waals surface area contributed by atoms with Crippen molar-refractivity contribution in [2.45, 2.75) is 13.8 Å². The molecular formula is C14H18O4. The average molecular weight is 250 g/mol. The van der Waals surface area contributed by atoms with Gasteiger partial charge >= 0.3 is 5.97 Å². The molecule has 4 nitrogen and oxygen atoms in total. The normalized spacial score (nSPS) is 10.4. The number of carbonyl (C=O) groups is 1. The van der Waals surface area contributed by atoms with Crippen molar-refractivity contribution in [3.8, 4) is 11.5 Å². The Hall–Kier alpha value is -1.97. The van der Waals surface area contributed by atoms with Crippen LogP contribution < -0.4 is 9.47 Å². The number of hydrogen-bond donors (Lipinski definition) is 0. The van der Waals surface area contributed by atoms with E-state index in [-0.39, 0.29) is 12.6 Å². The van der Waals surface area contributed by atoms with E-state index in [9.17, 15) is 4.79 Å². The van der Waals surface area contributed by atoms with Gasteiger partial charge in [-0.05, 0) is 24.6 Å². The minimum Gasteiger partial charge on any atom is -0.493 e. The predicted octanol–water partition coefficient (Wildman–Crippen LogP) is 2.67. The molecule has 0 aliphatic heterocycles. The second-order valence-corrected chi connectivity index (χ2v) is 3.60. The van der Waals surface area contributed by atoms with Crippen molar-refractivity contribution in [2.24, 2.45) is 0 Å². The SMILES string of the molecule is CC=Cc1ccc(OCCOC(C)=O)c(OC)c1. The van der Waals surface area contributed by atoms with Gasteiger partial charge in [0, 0.05) is 6.92 Å². The zero-order chi connectivity index (χ0) is 13.4. The number of hydrogen-bond acceptors (Lipinski definition) is 4. The Morgan fingerprint density at radius 2 is 2.06 bits per heavy atom. The van der Waals surface area contributed by atoms with Gasteiger partial charge in [0.15, 0.2) is 11.5 Å². The molecule has 0 spiro atoms. The molecule has 0 saturated heterocycles. The Kier molecular flexibility index (Phi) is 5.77. The van der Waals surface area contributed by atoms with Gasteiger partial charge in [0.2, 0.25) is 0 Å². The average Bonchev–Trinajstić information content (AvgIpc) is 2.35. The summed E-state index contributed by atoms with van der Waals surface area (Å²) in [6, 6.07) is 5.66. The first kappa shape index (κ1) is 14.1. The molecule has 98 valence electrons. The van der Waals surface area contributed by atoms with Gasteiger partial charge in [0.05, 0.1) is 7.11 Å². The summed E-state index contributed by atoms with van der Waals surface area (Å²) in [5.41, 5.74) is 1.04. The van der Waals surface area contributed by atoms with Crippen LogP contribution in [0, 0.1) is 0 Å². The van der Waals surface area contributed by atoms with E-state index in [1.807, 2.05) is 37.3 Å². The maximum absolute atomic E-state index is 10.6. The zero-order valence-electron chi connectivity index (χ0n) is 10.9. The number of esters is 1. The number of ether oxygens (including phenoxy) is 3. The van der Waals surface area contributed by atoms with Crippen LogP contribution in [0.1, 0.15) is 19.4 Å². The number of benzene rings is 1. The van der Waals surface area contributed by atoms with Gasteiger partial charge in [-0.25, -0.2) is 0 Å². The van der Waals surface area contributed by atoms with E-state index in [0.717, 1.165) is 5.56 Å². The van der Waals surface area contributed by atoms with E-state index in [1.165, 1.54) is 6.92 Å². The summed E-state index contributed by atoms with van der Waals surface area (Å²) >= 11 is 0. The Bertz CT molecular complexity index is 424. The minimum absolute atomic E-state index is 0.231. The summed E-state index contributed by atoms with van der Waals surface area (Å²) in [5, 5.41) is 0. The van der Waals surface area contributed by atoms with Gasteiger partial charge in [-0.2, -0.15) is 0 Å². The Labute approximate surface area is 107 Å². The standard InChI is InChI=1S/C14H18O4/c1-4-5-12-6-7-13(14(10-12)16-3)18-9-8-17-11(2)15/h4-7,10H,8-9H2,1-3H3. The first-order valence-corrected chi connectivity index (χ1v) is 5.74. The molecular weight excluding hydrogens is 232 g/mol. The lowest BCUT2D eigenvalue weighted by atomic mass is 10.2. The number of carbonyl (C=O) groups excluding carboxylic acids is 1. The van der Waals surface area contributed by atoms with E-state index >= 15 is 0 Å². The largest absolute Gasteiger partial charge is 0.493 e. The Balaban J connectivity index is 2.62. The van der Waals surface area contributed by atoms with Crippen molar-refractivity contribution >= 4 is 12.0 Å². The van der Waals surface area contributed by atoms with Gasteiger partial charge < -0.3 is 14.2 Å². The van der Waals surface area contributed by atoms with Crippen LogP contribution in [0.2, 0.25) is 0 Å². The molecule has 1 aromatic carbocycles. The summed E-state index contributed by atoms with van der Waals surface area (Å²) in [5.74, 6) is 0.986. The third kappa shape index (κ3) is 4.49. The van der Waals surface area contributed by atoms with E-state index in [4.69, 9.17) is 14.2 Å². The van der Waals surface area contributed by atoms with Crippen LogP contribution >= 0.6 is 0 Å². The highest BCUT2D eigenvalue weighted by Gasteiger charge is 2.04. The molecule has 1 rings (SSSR count). The van der Waals surface area contributed by atoms with Crippen molar-refractivity contribution in [3.63, 3.8) is 0 Å². The molecule has 1 aromatic rings. The molecule has 0 bridgehead atoms. The molecule has 0 aromatic heterocycles. The molecule has 0 unspecified atom stereocenters. The molecule has 0 aliphatic rings. The molecule has 0 N–H and O–H groups in total. The Morgan fingerprint density at radius 3 is 2.67 bits per heavy atom. The lowest BCUT2D eigenvalue weighted by Gasteiger charge is -2.11. The van der Waals surface area contributed by atoms with Crippen LogP contribution in [0.4, 0.5) is 0 Å². The van der Waals surface area contributed by atoms with E-state index < -0.39 is 0 Å². The summed E-state index contributed by atoms with van der Waals surface area (Å²) in [7, 11) is 1.59. The third-order valence-electron chi connectivity index (χ3n) is 2.19. The summed E-state index contributed by atoms with van der Waals surface area (Å²) < 4.78 is 15.5. The molecule has 0 amide bonds. The number of allylic oxidation sites excluding steroid dienone is 1. The van der Waals surface area contributed by atoms with Crippen molar-refractivity contribution < 1.29 is 19.0 Å². The highest BCUT2D eigenvalue weighted by molar-refractivity contribution is 5.65. The number of rotatable bonds is 6. The Morgan fingerprint density at radius 1 is 1.28 bits per heavy atom. The topological polar surface area (TPSA) is 44.8 Å². The lowest BCUT2D eigenvalue weighted by molar-refractivity contribution is -0.141. The molecule has 4 heteroatoms. The first-order valence-electron chi connectivity index (χ1n) is 5.74. The third-order valence-corrected chi connectivity index (χ3v) is 2.19. The van der Waals surface area contributed by atoms with Crippen LogP contribution in [-0.2, 0) is 9.53 Å². The lowest BCUT2D eigenvalue weighted by Crippen LogP contribution is -2.10. The van der Waals surface area contributed by atoms with Gasteiger partial charge in [0.1, 0.15) is 13.2 Å². The van der Waals surface area contributed by atoms with Crippen LogP contribution in [0.5, 0.6) is 11.5 Å². The molecule has 0 aliphatic carbocycles. The summed E-state index contributed by atoms with van der Waals surface area (Å²) in [6.07, 6.45) is 3.93. The van der Waals surface area contributed by atoms with Gasteiger partial charge in [-0.15, -0.1) is 0 Å². The molecule has 0 heterocycles. The smallest absolute Gasteiger partial charge is 0.302 e. The van der Waals surface area contributed by atoms with Crippen molar-refractivity contribution in [3.05, 3.63) is 29.8 Å². The fourth-order valence-electron chi connectivity index (χ4n) is 1.44. The van der Waals surface area contributed by atoms with E-state index in [2.05, 4.69) is 0 Å². The van der Waals surface area contributed by atoms with Crippen LogP contribution in [0.25, 0.3) is 6.08 Å². The quantitative estimate of drug-likeness (QED) is 0.575. The second kappa shape index (κ2) is 7.37. The van der Waals surface area contributed by atoms with Gasteiger partial charge in [-0.3, -0.25) is 4.79 Å². The molecule has 18 heavy (non-hydrogen) atoms. The van der Waals surface area contributed by atoms with Crippen LogP contribution in [-0.4, -0.2) is 26.3 Å². The van der Waals surface area contributed by atoms with Crippen molar-refractivity contribution in [1.29, 1.82) is 0 Å². The molecule has 0 fully saturated rings. The van der Waals surface area contributed by atoms with Crippen LogP contribution in [0.3, 0.4) is 0 Å². The van der Waals surface area contributed by atoms with Crippen molar-refractivity contribution in [1.82, 2.24) is 0 Å². The summed E-state index contributed by atoms with van der Waals surface area (Å²) in [6.45, 7) is 3.86. The first-order chi connectivity index (χ1) is 8.67. The van der Waals surface area contributed by atoms with E-state index in [0.29, 0.717) is 18.1 Å². The predicted molar refractivity (Wildman–Crippen MR) is 69.8 cm³/mol. The van der Waals surface area contributed by atoms with Crippen LogP contribution in [0.15, 0.2) is 24.3 Å². The highest BCUT2D eigenvalue weighted by atomic mass is 16.6. The minimum atomic E-state index is -0.311. The summed E-state index contributed by atoms with van der Waals surface area (Å²) in [4.78, 5) is 10.6. The second-order valence-electron chi connectivity index (χ2n) is 3.60. The maximum atomic E-state index is 10.6. The molecule has 0 atom stereocenters. The zero-order valence-corrected chi connectivity index (χ0v) is 10.9. The van der Waals surface area contributed by atoms with Gasteiger partial charge in [0.25, 0.3) is 0 Å². The fourth-order valence-corrected chi connectivity index (χ4v) is 1.44. The monoisotopic (exact) mass is 250 g/mol. The van der Waals surface area contributed by atoms with Gasteiger partial charge in [-0.1, -0.05) is 18.2 Å². The molecule has 0 radical (unpaired) electrons. The highest BCUT2D eigenvalue weighted by Crippen LogP contribution is 2.28. The van der Waals surface area contributed by atoms with Crippen molar-refractivity contribution in [2.75, 3.05) is 20.3 Å². The fraction of sp³-hybridized carbons (Fsp3) is 0.357.